The van der Waals surface area contributed by atoms with Crippen LogP contribution in [0.15, 0.2) is 72.8 Å². The molecule has 1 aliphatic rings. The number of nitro groups is 1. The minimum absolute atomic E-state index is 0.0377. The summed E-state index contributed by atoms with van der Waals surface area (Å²) in [5, 5.41) is 11.8. The molecule has 1 aliphatic heterocycles. The first-order chi connectivity index (χ1) is 15.0. The third kappa shape index (κ3) is 3.55. The van der Waals surface area contributed by atoms with E-state index in [1.54, 1.807) is 36.0 Å². The Morgan fingerprint density at radius 2 is 1.90 bits per heavy atom. The highest BCUT2D eigenvalue weighted by atomic mass is 32.2. The van der Waals surface area contributed by atoms with Crippen molar-refractivity contribution in [3.05, 3.63) is 106 Å². The Bertz CT molecular complexity index is 1330. The van der Waals surface area contributed by atoms with Gasteiger partial charge in [0.25, 0.3) is 5.69 Å². The number of hydrogen-bond acceptors (Lipinski definition) is 5. The van der Waals surface area contributed by atoms with Crippen LogP contribution in [0.1, 0.15) is 27.0 Å². The third-order valence-electron chi connectivity index (χ3n) is 5.17. The maximum absolute atomic E-state index is 13.3. The van der Waals surface area contributed by atoms with Crippen molar-refractivity contribution < 1.29 is 18.8 Å². The Hall–Kier alpha value is -3.65. The van der Waals surface area contributed by atoms with Crippen LogP contribution < -0.4 is 4.74 Å². The van der Waals surface area contributed by atoms with E-state index in [9.17, 15) is 19.3 Å². The molecule has 5 rings (SSSR count). The normalized spacial score (nSPS) is 15.1. The van der Waals surface area contributed by atoms with Gasteiger partial charge < -0.3 is 9.30 Å². The molecule has 0 fully saturated rings. The Morgan fingerprint density at radius 1 is 1.10 bits per heavy atom. The summed E-state index contributed by atoms with van der Waals surface area (Å²) in [4.78, 5) is 23.0. The number of non-ortho nitro benzene ring substituents is 1. The van der Waals surface area contributed by atoms with E-state index in [1.165, 1.54) is 36.4 Å². The van der Waals surface area contributed by atoms with E-state index in [-0.39, 0.29) is 22.6 Å². The molecule has 1 atom stereocenters. The first-order valence-electron chi connectivity index (χ1n) is 9.47. The Labute approximate surface area is 180 Å². The number of rotatable bonds is 4. The Morgan fingerprint density at radius 3 is 2.68 bits per heavy atom. The second-order valence-corrected chi connectivity index (χ2v) is 8.21. The van der Waals surface area contributed by atoms with Crippen LogP contribution in [0.2, 0.25) is 0 Å². The van der Waals surface area contributed by atoms with Gasteiger partial charge in [0.2, 0.25) is 0 Å². The van der Waals surface area contributed by atoms with Gasteiger partial charge in [0, 0.05) is 28.4 Å². The molecule has 1 aromatic heterocycles. The van der Waals surface area contributed by atoms with Gasteiger partial charge in [0.15, 0.2) is 0 Å². The lowest BCUT2D eigenvalue weighted by Gasteiger charge is -2.15. The van der Waals surface area contributed by atoms with E-state index in [1.807, 2.05) is 12.1 Å². The lowest BCUT2D eigenvalue weighted by atomic mass is 10.1. The van der Waals surface area contributed by atoms with Gasteiger partial charge in [-0.25, -0.2) is 9.18 Å². The zero-order valence-electron chi connectivity index (χ0n) is 16.0. The summed E-state index contributed by atoms with van der Waals surface area (Å²) in [5.74, 6) is 0.0744. The van der Waals surface area contributed by atoms with E-state index < -0.39 is 10.9 Å². The van der Waals surface area contributed by atoms with Crippen molar-refractivity contribution in [3.63, 3.8) is 0 Å². The van der Waals surface area contributed by atoms with Gasteiger partial charge in [-0.15, -0.1) is 11.8 Å². The summed E-state index contributed by atoms with van der Waals surface area (Å²) in [7, 11) is 0. The molecule has 0 saturated heterocycles. The number of hydrogen-bond donors (Lipinski definition) is 0. The molecular formula is C23H15FN2O4S. The number of esters is 1. The van der Waals surface area contributed by atoms with Crippen molar-refractivity contribution in [3.8, 4) is 5.75 Å². The van der Waals surface area contributed by atoms with Crippen molar-refractivity contribution >= 4 is 34.3 Å². The fourth-order valence-electron chi connectivity index (χ4n) is 3.75. The number of carbonyl (C=O) groups excluding carboxylic acids is 1. The standard InChI is InChI=1S/C23H15FN2O4S/c24-17-7-4-14(5-8-17)22-25-19(13-31-22)11-16-10-15(6-9-21(16)25)23(27)30-20-3-1-2-18(12-20)26(28)29/h1-12,22H,13H2. The average Bonchev–Trinajstić information content (AvgIpc) is 3.33. The molecule has 6 nitrogen and oxygen atoms in total. The second kappa shape index (κ2) is 7.55. The topological polar surface area (TPSA) is 74.4 Å². The number of benzene rings is 3. The second-order valence-electron chi connectivity index (χ2n) is 7.14. The molecule has 0 radical (unpaired) electrons. The van der Waals surface area contributed by atoms with Crippen LogP contribution in [-0.4, -0.2) is 15.5 Å². The fraction of sp³-hybridized carbons (Fsp3) is 0.0870. The van der Waals surface area contributed by atoms with E-state index in [0.29, 0.717) is 5.56 Å². The summed E-state index contributed by atoms with van der Waals surface area (Å²) < 4.78 is 20.8. The number of fused-ring (bicyclic) bond motifs is 3. The molecular weight excluding hydrogens is 419 g/mol. The van der Waals surface area contributed by atoms with E-state index in [2.05, 4.69) is 4.57 Å². The molecule has 0 bridgehead atoms. The lowest BCUT2D eigenvalue weighted by Crippen LogP contribution is -2.09. The lowest BCUT2D eigenvalue weighted by molar-refractivity contribution is -0.384. The number of ether oxygens (including phenoxy) is 1. The van der Waals surface area contributed by atoms with E-state index in [4.69, 9.17) is 4.74 Å². The van der Waals surface area contributed by atoms with Gasteiger partial charge in [-0.1, -0.05) is 18.2 Å². The summed E-state index contributed by atoms with van der Waals surface area (Å²) >= 11 is 1.76. The quantitative estimate of drug-likeness (QED) is 0.178. The zero-order valence-corrected chi connectivity index (χ0v) is 16.8. The molecule has 8 heteroatoms. The van der Waals surface area contributed by atoms with Gasteiger partial charge in [0.05, 0.1) is 16.6 Å². The Kier molecular flexibility index (Phi) is 4.71. The summed E-state index contributed by atoms with van der Waals surface area (Å²) in [5.41, 5.74) is 3.32. The molecule has 0 aliphatic carbocycles. The van der Waals surface area contributed by atoms with Gasteiger partial charge in [-0.05, 0) is 48.0 Å². The third-order valence-corrected chi connectivity index (χ3v) is 6.43. The van der Waals surface area contributed by atoms with Crippen molar-refractivity contribution in [2.24, 2.45) is 0 Å². The van der Waals surface area contributed by atoms with Crippen LogP contribution in [0.3, 0.4) is 0 Å². The molecule has 0 spiro atoms. The molecule has 31 heavy (non-hydrogen) atoms. The summed E-state index contributed by atoms with van der Waals surface area (Å²) in [6, 6.07) is 19.4. The van der Waals surface area contributed by atoms with E-state index in [0.717, 1.165) is 27.9 Å². The van der Waals surface area contributed by atoms with Crippen molar-refractivity contribution in [1.82, 2.24) is 4.57 Å². The largest absolute Gasteiger partial charge is 0.423 e. The predicted octanol–water partition coefficient (Wildman–Crippen LogP) is 5.70. The number of halogens is 1. The minimum Gasteiger partial charge on any atom is -0.423 e. The molecule has 2 heterocycles. The number of carbonyl (C=O) groups is 1. The number of thioether (sulfide) groups is 1. The molecule has 0 N–H and O–H groups in total. The van der Waals surface area contributed by atoms with Crippen LogP contribution in [0.5, 0.6) is 5.75 Å². The van der Waals surface area contributed by atoms with Crippen LogP contribution in [0, 0.1) is 15.9 Å². The predicted molar refractivity (Wildman–Crippen MR) is 116 cm³/mol. The molecule has 1 unspecified atom stereocenters. The smallest absolute Gasteiger partial charge is 0.343 e. The van der Waals surface area contributed by atoms with Gasteiger partial charge >= 0.3 is 5.97 Å². The van der Waals surface area contributed by atoms with Crippen LogP contribution >= 0.6 is 11.8 Å². The van der Waals surface area contributed by atoms with Crippen LogP contribution in [0.25, 0.3) is 10.9 Å². The minimum atomic E-state index is -0.585. The molecule has 154 valence electrons. The maximum Gasteiger partial charge on any atom is 0.343 e. The summed E-state index contributed by atoms with van der Waals surface area (Å²) in [6.45, 7) is 0. The first kappa shape index (κ1) is 19.3. The number of nitrogens with zero attached hydrogens (tertiary/aromatic N) is 2. The molecule has 4 aromatic rings. The van der Waals surface area contributed by atoms with Crippen LogP contribution in [0.4, 0.5) is 10.1 Å². The average molecular weight is 434 g/mol. The molecule has 0 saturated carbocycles. The maximum atomic E-state index is 13.3. The van der Waals surface area contributed by atoms with Crippen LogP contribution in [-0.2, 0) is 5.75 Å². The fourth-order valence-corrected chi connectivity index (χ4v) is 5.05. The van der Waals surface area contributed by atoms with Crippen molar-refractivity contribution in [2.45, 2.75) is 11.1 Å². The SMILES string of the molecule is O=C(Oc1cccc([N+](=O)[O-])c1)c1ccc2c(c1)cc1n2C(c2ccc(F)cc2)SC1. The van der Waals surface area contributed by atoms with E-state index >= 15 is 0 Å². The molecule has 0 amide bonds. The highest BCUT2D eigenvalue weighted by molar-refractivity contribution is 7.99. The van der Waals surface area contributed by atoms with Gasteiger partial charge in [-0.3, -0.25) is 10.1 Å². The van der Waals surface area contributed by atoms with Crippen molar-refractivity contribution in [2.75, 3.05) is 0 Å². The van der Waals surface area contributed by atoms with Crippen molar-refractivity contribution in [1.29, 1.82) is 0 Å². The monoisotopic (exact) mass is 434 g/mol. The zero-order chi connectivity index (χ0) is 21.5. The Balaban J connectivity index is 1.44. The first-order valence-corrected chi connectivity index (χ1v) is 10.5. The number of aromatic nitrogens is 1. The molecule has 3 aromatic carbocycles. The number of nitro benzene ring substituents is 1. The van der Waals surface area contributed by atoms with Gasteiger partial charge in [0.1, 0.15) is 16.9 Å². The highest BCUT2D eigenvalue weighted by Crippen LogP contribution is 2.44. The highest BCUT2D eigenvalue weighted by Gasteiger charge is 2.26. The summed E-state index contributed by atoms with van der Waals surface area (Å²) in [6.07, 6.45) is 0. The van der Waals surface area contributed by atoms with Gasteiger partial charge in [-0.2, -0.15) is 0 Å².